The maximum Gasteiger partial charge on any atom is 0.405 e. The molecule has 142 valence electrons. The van der Waals surface area contributed by atoms with Gasteiger partial charge in [-0.1, -0.05) is 6.07 Å². The summed E-state index contributed by atoms with van der Waals surface area (Å²) in [7, 11) is 0. The number of hydrazone groups is 2. The standard InChI is InChI=1S/C14H18F3N7S2/c1-3-18-12(25)24-22-11(10-6-4-5-7-19-10)9(2)21-23-13(26)20-8-14(15,16)17/h4-7H,3,8H2,1-2H3,(H2,18,24,25)(H2,20,23,26). The number of halogens is 3. The van der Waals surface area contributed by atoms with Gasteiger partial charge in [0.2, 0.25) is 0 Å². The molecule has 7 nitrogen and oxygen atoms in total. The predicted molar refractivity (Wildman–Crippen MR) is 103 cm³/mol. The van der Waals surface area contributed by atoms with Crippen LogP contribution in [0.25, 0.3) is 0 Å². The van der Waals surface area contributed by atoms with Gasteiger partial charge in [0.15, 0.2) is 10.2 Å². The van der Waals surface area contributed by atoms with Crippen molar-refractivity contribution in [1.29, 1.82) is 0 Å². The van der Waals surface area contributed by atoms with E-state index in [2.05, 4.69) is 31.4 Å². The maximum absolute atomic E-state index is 12.2. The van der Waals surface area contributed by atoms with Crippen molar-refractivity contribution in [2.75, 3.05) is 13.1 Å². The van der Waals surface area contributed by atoms with Crippen molar-refractivity contribution in [1.82, 2.24) is 26.5 Å². The van der Waals surface area contributed by atoms with Crippen LogP contribution in [0.4, 0.5) is 13.2 Å². The molecule has 0 aliphatic rings. The fourth-order valence-corrected chi connectivity index (χ4v) is 1.85. The molecule has 0 saturated heterocycles. The van der Waals surface area contributed by atoms with Gasteiger partial charge in [0.05, 0.1) is 11.4 Å². The number of nitrogens with zero attached hydrogens (tertiary/aromatic N) is 3. The molecular weight excluding hydrogens is 387 g/mol. The minimum atomic E-state index is -4.38. The minimum Gasteiger partial charge on any atom is -0.362 e. The largest absolute Gasteiger partial charge is 0.405 e. The zero-order valence-electron chi connectivity index (χ0n) is 14.0. The lowest BCUT2D eigenvalue weighted by atomic mass is 10.2. The van der Waals surface area contributed by atoms with Crippen LogP contribution in [-0.4, -0.2) is 45.9 Å². The summed E-state index contributed by atoms with van der Waals surface area (Å²) in [6.45, 7) is 2.84. The van der Waals surface area contributed by atoms with Crippen LogP contribution in [-0.2, 0) is 0 Å². The van der Waals surface area contributed by atoms with Crippen LogP contribution in [0.5, 0.6) is 0 Å². The van der Waals surface area contributed by atoms with Crippen LogP contribution >= 0.6 is 24.4 Å². The van der Waals surface area contributed by atoms with Crippen LogP contribution in [0.15, 0.2) is 34.6 Å². The first-order valence-electron chi connectivity index (χ1n) is 7.41. The smallest absolute Gasteiger partial charge is 0.362 e. The fraction of sp³-hybridized carbons (Fsp3) is 0.357. The van der Waals surface area contributed by atoms with E-state index in [0.29, 0.717) is 28.8 Å². The van der Waals surface area contributed by atoms with Gasteiger partial charge >= 0.3 is 6.18 Å². The normalized spacial score (nSPS) is 12.3. The van der Waals surface area contributed by atoms with Crippen molar-refractivity contribution in [3.8, 4) is 0 Å². The second kappa shape index (κ2) is 10.6. The fourth-order valence-electron chi connectivity index (χ4n) is 1.54. The number of pyridine rings is 1. The highest BCUT2D eigenvalue weighted by molar-refractivity contribution is 7.80. The van der Waals surface area contributed by atoms with Crippen molar-refractivity contribution < 1.29 is 13.2 Å². The van der Waals surface area contributed by atoms with E-state index in [-0.39, 0.29) is 5.11 Å². The Hall–Kier alpha value is -2.34. The maximum atomic E-state index is 12.2. The van der Waals surface area contributed by atoms with Gasteiger partial charge in [0.25, 0.3) is 0 Å². The molecular formula is C14H18F3N7S2. The Bertz CT molecular complexity index is 675. The van der Waals surface area contributed by atoms with Crippen LogP contribution in [0.2, 0.25) is 0 Å². The number of alkyl halides is 3. The van der Waals surface area contributed by atoms with E-state index in [9.17, 15) is 13.2 Å². The number of rotatable bonds is 6. The zero-order chi connectivity index (χ0) is 19.6. The number of hydrogen-bond donors (Lipinski definition) is 4. The van der Waals surface area contributed by atoms with E-state index in [0.717, 1.165) is 0 Å². The third kappa shape index (κ3) is 8.67. The first-order valence-corrected chi connectivity index (χ1v) is 8.22. The molecule has 4 N–H and O–H groups in total. The van der Waals surface area contributed by atoms with E-state index in [4.69, 9.17) is 24.4 Å². The highest BCUT2D eigenvalue weighted by Gasteiger charge is 2.26. The first kappa shape index (κ1) is 21.7. The molecule has 0 radical (unpaired) electrons. The highest BCUT2D eigenvalue weighted by Crippen LogP contribution is 2.11. The van der Waals surface area contributed by atoms with E-state index in [1.807, 2.05) is 12.2 Å². The molecule has 1 aromatic heterocycles. The first-order chi connectivity index (χ1) is 12.2. The summed E-state index contributed by atoms with van der Waals surface area (Å²) in [5, 5.41) is 13.0. The molecule has 0 aliphatic carbocycles. The van der Waals surface area contributed by atoms with Gasteiger partial charge in [-0.3, -0.25) is 15.8 Å². The lowest BCUT2D eigenvalue weighted by Gasteiger charge is -2.11. The van der Waals surface area contributed by atoms with Crippen LogP contribution in [0.1, 0.15) is 19.5 Å². The Morgan fingerprint density at radius 1 is 1.12 bits per heavy atom. The Balaban J connectivity index is 2.87. The van der Waals surface area contributed by atoms with Crippen LogP contribution in [0, 0.1) is 0 Å². The third-order valence-electron chi connectivity index (χ3n) is 2.63. The van der Waals surface area contributed by atoms with Crippen molar-refractivity contribution in [3.63, 3.8) is 0 Å². The third-order valence-corrected chi connectivity index (χ3v) is 3.10. The van der Waals surface area contributed by atoms with E-state index >= 15 is 0 Å². The van der Waals surface area contributed by atoms with Gasteiger partial charge in [-0.15, -0.1) is 0 Å². The second-order valence-corrected chi connectivity index (χ2v) is 5.57. The Morgan fingerprint density at radius 2 is 1.77 bits per heavy atom. The van der Waals surface area contributed by atoms with Gasteiger partial charge in [-0.05, 0) is 50.4 Å². The molecule has 12 heteroatoms. The van der Waals surface area contributed by atoms with Gasteiger partial charge in [0, 0.05) is 12.7 Å². The summed E-state index contributed by atoms with van der Waals surface area (Å²) in [5.74, 6) is 0. The monoisotopic (exact) mass is 405 g/mol. The predicted octanol–water partition coefficient (Wildman–Crippen LogP) is 1.67. The van der Waals surface area contributed by atoms with Crippen LogP contribution in [0.3, 0.4) is 0 Å². The number of thiocarbonyl (C=S) groups is 2. The Morgan fingerprint density at radius 3 is 2.35 bits per heavy atom. The number of nitrogens with one attached hydrogen (secondary N) is 4. The van der Waals surface area contributed by atoms with Gasteiger partial charge in [-0.25, -0.2) is 0 Å². The topological polar surface area (TPSA) is 85.7 Å². The molecule has 1 rings (SSSR count). The molecule has 0 unspecified atom stereocenters. The van der Waals surface area contributed by atoms with Crippen molar-refractivity contribution in [2.24, 2.45) is 10.2 Å². The molecule has 0 aromatic carbocycles. The average Bonchev–Trinajstić information content (AvgIpc) is 2.59. The van der Waals surface area contributed by atoms with Crippen molar-refractivity contribution >= 4 is 46.1 Å². The minimum absolute atomic E-state index is 0.266. The highest BCUT2D eigenvalue weighted by atomic mass is 32.1. The quantitative estimate of drug-likeness (QED) is 0.325. The summed E-state index contributed by atoms with van der Waals surface area (Å²) in [6.07, 6.45) is -2.80. The van der Waals surface area contributed by atoms with Gasteiger partial charge < -0.3 is 10.6 Å². The van der Waals surface area contributed by atoms with Gasteiger partial charge in [0.1, 0.15) is 12.3 Å². The number of aromatic nitrogens is 1. The zero-order valence-corrected chi connectivity index (χ0v) is 15.6. The summed E-state index contributed by atoms with van der Waals surface area (Å²) >= 11 is 9.79. The molecule has 0 spiro atoms. The van der Waals surface area contributed by atoms with Crippen molar-refractivity contribution in [2.45, 2.75) is 20.0 Å². The van der Waals surface area contributed by atoms with Gasteiger partial charge in [-0.2, -0.15) is 23.4 Å². The summed E-state index contributed by atoms with van der Waals surface area (Å²) in [4.78, 5) is 4.18. The summed E-state index contributed by atoms with van der Waals surface area (Å²) < 4.78 is 36.5. The molecule has 26 heavy (non-hydrogen) atoms. The van der Waals surface area contributed by atoms with E-state index in [1.54, 1.807) is 31.3 Å². The summed E-state index contributed by atoms with van der Waals surface area (Å²) in [6, 6.07) is 5.20. The SMILES string of the molecule is CCNC(=S)NN=C(C(C)=NNC(=S)NCC(F)(F)F)c1ccccn1. The van der Waals surface area contributed by atoms with Crippen molar-refractivity contribution in [3.05, 3.63) is 30.1 Å². The average molecular weight is 405 g/mol. The molecule has 1 aromatic rings. The molecule has 1 heterocycles. The second-order valence-electron chi connectivity index (χ2n) is 4.75. The molecule has 0 fully saturated rings. The molecule has 0 amide bonds. The number of hydrogen-bond acceptors (Lipinski definition) is 5. The molecule has 0 atom stereocenters. The Kier molecular flexibility index (Phi) is 8.85. The van der Waals surface area contributed by atoms with Crippen LogP contribution < -0.4 is 21.5 Å². The molecule has 0 saturated carbocycles. The molecule has 0 bridgehead atoms. The van der Waals surface area contributed by atoms with E-state index in [1.165, 1.54) is 0 Å². The lowest BCUT2D eigenvalue weighted by molar-refractivity contribution is -0.122. The Labute approximate surface area is 159 Å². The summed E-state index contributed by atoms with van der Waals surface area (Å²) in [5.41, 5.74) is 6.18. The lowest BCUT2D eigenvalue weighted by Crippen LogP contribution is -2.39. The van der Waals surface area contributed by atoms with E-state index < -0.39 is 12.7 Å². The molecule has 0 aliphatic heterocycles.